The van der Waals surface area contributed by atoms with Crippen molar-refractivity contribution >= 4 is 29.0 Å². The molecule has 2 N–H and O–H groups in total. The zero-order chi connectivity index (χ0) is 27.1. The molecule has 0 unspecified atom stereocenters. The summed E-state index contributed by atoms with van der Waals surface area (Å²) in [4.78, 5) is 38.9. The summed E-state index contributed by atoms with van der Waals surface area (Å²) in [6, 6.07) is 7.55. The number of amides is 2. The first-order valence-electron chi connectivity index (χ1n) is 12.0. The number of hydrogen-bond acceptors (Lipinski definition) is 6. The highest BCUT2D eigenvalue weighted by atomic mass is 19.1. The molecule has 1 aliphatic carbocycles. The first-order chi connectivity index (χ1) is 18.2. The second-order valence-electron chi connectivity index (χ2n) is 9.44. The van der Waals surface area contributed by atoms with Crippen molar-refractivity contribution < 1.29 is 28.6 Å². The van der Waals surface area contributed by atoms with Gasteiger partial charge in [0.2, 0.25) is 0 Å². The van der Waals surface area contributed by atoms with Gasteiger partial charge in [0.15, 0.2) is 11.6 Å². The highest BCUT2D eigenvalue weighted by molar-refractivity contribution is 6.11. The van der Waals surface area contributed by atoms with E-state index in [1.807, 2.05) is 0 Å². The summed E-state index contributed by atoms with van der Waals surface area (Å²) in [6.07, 6.45) is 6.25. The molecule has 4 aromatic rings. The van der Waals surface area contributed by atoms with Crippen molar-refractivity contribution in [1.29, 1.82) is 0 Å². The van der Waals surface area contributed by atoms with Crippen LogP contribution in [0.5, 0.6) is 5.75 Å². The van der Waals surface area contributed by atoms with Gasteiger partial charge in [0, 0.05) is 50.6 Å². The van der Waals surface area contributed by atoms with Crippen LogP contribution in [0.15, 0.2) is 48.9 Å². The number of ether oxygens (including phenoxy) is 1. The minimum atomic E-state index is -0.681. The Morgan fingerprint density at radius 1 is 1.21 bits per heavy atom. The maximum atomic E-state index is 15.7. The van der Waals surface area contributed by atoms with E-state index < -0.39 is 17.8 Å². The molecule has 1 saturated carbocycles. The van der Waals surface area contributed by atoms with E-state index >= 15 is 4.39 Å². The summed E-state index contributed by atoms with van der Waals surface area (Å²) < 4.78 is 24.2. The van der Waals surface area contributed by atoms with Crippen LogP contribution in [0.3, 0.4) is 0 Å². The van der Waals surface area contributed by atoms with Gasteiger partial charge in [-0.1, -0.05) is 0 Å². The topological polar surface area (TPSA) is 118 Å². The number of aliphatic hydroxyl groups is 1. The molecule has 0 bridgehead atoms. The van der Waals surface area contributed by atoms with Gasteiger partial charge in [0.25, 0.3) is 5.91 Å². The number of fused-ring (bicyclic) bond motifs is 1. The molecule has 0 spiro atoms. The number of carbonyl (C=O) groups excluding carboxylic acids is 3. The van der Waals surface area contributed by atoms with E-state index in [4.69, 9.17) is 4.74 Å². The number of ketones is 1. The van der Waals surface area contributed by atoms with Gasteiger partial charge in [0.1, 0.15) is 5.75 Å². The Kier molecular flexibility index (Phi) is 6.45. The van der Waals surface area contributed by atoms with Crippen LogP contribution in [0, 0.1) is 5.82 Å². The van der Waals surface area contributed by atoms with Gasteiger partial charge in [-0.3, -0.25) is 14.3 Å². The molecule has 10 nitrogen and oxygen atoms in total. The number of aromatic nitrogens is 3. The summed E-state index contributed by atoms with van der Waals surface area (Å²) in [5.41, 5.74) is 1.60. The smallest absolute Gasteiger partial charge is 0.410 e. The number of anilines is 1. The predicted octanol–water partition coefficient (Wildman–Crippen LogP) is 4.28. The van der Waals surface area contributed by atoms with E-state index in [2.05, 4.69) is 10.4 Å². The van der Waals surface area contributed by atoms with Crippen molar-refractivity contribution in [2.24, 2.45) is 0 Å². The monoisotopic (exact) mass is 519 g/mol. The zero-order valence-electron chi connectivity index (χ0n) is 21.1. The quantitative estimate of drug-likeness (QED) is 0.352. The second kappa shape index (κ2) is 9.75. The van der Waals surface area contributed by atoms with E-state index in [0.29, 0.717) is 22.7 Å². The average molecular weight is 520 g/mol. The van der Waals surface area contributed by atoms with E-state index in [9.17, 15) is 19.5 Å². The Morgan fingerprint density at radius 3 is 2.63 bits per heavy atom. The number of Topliss-reactive ketones (excluding diaryl/α,β-unsaturated/α-hetero) is 1. The molecule has 5 rings (SSSR count). The van der Waals surface area contributed by atoms with Crippen molar-refractivity contribution in [3.63, 3.8) is 0 Å². The van der Waals surface area contributed by atoms with Crippen molar-refractivity contribution in [3.05, 3.63) is 71.6 Å². The third kappa shape index (κ3) is 4.75. The zero-order valence-corrected chi connectivity index (χ0v) is 21.1. The molecule has 3 heterocycles. The SMILES string of the molecule is CC(=O)c1cc(C(=O)Nc2cc(CO)cc(-c3cnn(C4CC4)c3)c2F)c2cc(OC(=O)N(C)C)ccn12. The maximum Gasteiger partial charge on any atom is 0.414 e. The number of nitrogens with one attached hydrogen (secondary N) is 1. The molecular weight excluding hydrogens is 493 g/mol. The lowest BCUT2D eigenvalue weighted by Crippen LogP contribution is -2.25. The second-order valence-corrected chi connectivity index (χ2v) is 9.44. The van der Waals surface area contributed by atoms with Crippen LogP contribution in [-0.2, 0) is 6.61 Å². The van der Waals surface area contributed by atoms with Crippen molar-refractivity contribution in [2.45, 2.75) is 32.4 Å². The molecular formula is C27H26FN5O5. The molecule has 0 radical (unpaired) electrons. The number of pyridine rings is 1. The number of aliphatic hydroxyl groups excluding tert-OH is 1. The van der Waals surface area contributed by atoms with Gasteiger partial charge in [-0.25, -0.2) is 9.18 Å². The lowest BCUT2D eigenvalue weighted by atomic mass is 10.0. The largest absolute Gasteiger partial charge is 0.414 e. The van der Waals surface area contributed by atoms with Crippen LogP contribution in [0.2, 0.25) is 0 Å². The normalized spacial score (nSPS) is 13.0. The third-order valence-electron chi connectivity index (χ3n) is 6.32. The summed E-state index contributed by atoms with van der Waals surface area (Å²) >= 11 is 0. The standard InChI is InChI=1S/C27H26FN5O5/c1-15(35)23-11-21(24-10-19(6-7-32(23)24)38-27(37)31(2)3)26(36)30-22-9-16(14-34)8-20(25(22)28)17-12-29-33(13-17)18-4-5-18/h6-13,18,34H,4-5,14H2,1-3H3,(H,30,36). The minimum absolute atomic E-state index is 0.0786. The minimum Gasteiger partial charge on any atom is -0.410 e. The molecule has 1 aliphatic rings. The molecule has 3 aromatic heterocycles. The van der Waals surface area contributed by atoms with Crippen molar-refractivity contribution in [3.8, 4) is 16.9 Å². The molecule has 11 heteroatoms. The Balaban J connectivity index is 1.52. The molecule has 1 fully saturated rings. The highest BCUT2D eigenvalue weighted by Gasteiger charge is 2.26. The average Bonchev–Trinajstić information content (AvgIpc) is 3.49. The van der Waals surface area contributed by atoms with Gasteiger partial charge in [-0.15, -0.1) is 0 Å². The van der Waals surface area contributed by atoms with Gasteiger partial charge in [-0.2, -0.15) is 5.10 Å². The number of hydrogen-bond donors (Lipinski definition) is 2. The first kappa shape index (κ1) is 25.2. The van der Waals surface area contributed by atoms with Gasteiger partial charge in [-0.05, 0) is 42.7 Å². The van der Waals surface area contributed by atoms with E-state index in [-0.39, 0.29) is 40.6 Å². The van der Waals surface area contributed by atoms with Crippen LogP contribution < -0.4 is 10.1 Å². The number of rotatable bonds is 7. The summed E-state index contributed by atoms with van der Waals surface area (Å²) in [5, 5.41) is 16.7. The fourth-order valence-electron chi connectivity index (χ4n) is 4.17. The van der Waals surface area contributed by atoms with Gasteiger partial charge >= 0.3 is 6.09 Å². The van der Waals surface area contributed by atoms with Crippen LogP contribution in [0.1, 0.15) is 52.2 Å². The molecule has 1 aromatic carbocycles. The van der Waals surface area contributed by atoms with Crippen molar-refractivity contribution in [2.75, 3.05) is 19.4 Å². The van der Waals surface area contributed by atoms with E-state index in [1.54, 1.807) is 17.1 Å². The number of carbonyl (C=O) groups is 3. The maximum absolute atomic E-state index is 15.7. The highest BCUT2D eigenvalue weighted by Crippen LogP contribution is 2.36. The third-order valence-corrected chi connectivity index (χ3v) is 6.32. The van der Waals surface area contributed by atoms with Crippen LogP contribution in [-0.4, -0.2) is 56.1 Å². The fraction of sp³-hybridized carbons (Fsp3) is 0.259. The van der Waals surface area contributed by atoms with Crippen LogP contribution in [0.4, 0.5) is 14.9 Å². The summed E-state index contributed by atoms with van der Waals surface area (Å²) in [7, 11) is 3.07. The molecule has 196 valence electrons. The van der Waals surface area contributed by atoms with Crippen LogP contribution >= 0.6 is 0 Å². The van der Waals surface area contributed by atoms with E-state index in [0.717, 1.165) is 12.8 Å². The molecule has 0 aliphatic heterocycles. The molecule has 38 heavy (non-hydrogen) atoms. The van der Waals surface area contributed by atoms with Gasteiger partial charge < -0.3 is 24.5 Å². The van der Waals surface area contributed by atoms with Crippen molar-refractivity contribution in [1.82, 2.24) is 19.1 Å². The summed E-state index contributed by atoms with van der Waals surface area (Å²) in [5.74, 6) is -1.48. The Hall–Kier alpha value is -4.51. The molecule has 0 saturated heterocycles. The van der Waals surface area contributed by atoms with Gasteiger partial charge in [0.05, 0.1) is 41.3 Å². The lowest BCUT2D eigenvalue weighted by molar-refractivity contribution is 0.101. The Labute approximate surface area is 217 Å². The fourth-order valence-corrected chi connectivity index (χ4v) is 4.17. The number of halogens is 1. The Bertz CT molecular complexity index is 1580. The van der Waals surface area contributed by atoms with Crippen LogP contribution in [0.25, 0.3) is 16.6 Å². The number of nitrogens with zero attached hydrogens (tertiary/aromatic N) is 4. The molecule has 0 atom stereocenters. The first-order valence-corrected chi connectivity index (χ1v) is 12.0. The lowest BCUT2D eigenvalue weighted by Gasteiger charge is -2.12. The Morgan fingerprint density at radius 2 is 1.97 bits per heavy atom. The summed E-state index contributed by atoms with van der Waals surface area (Å²) in [6.45, 7) is 0.999. The predicted molar refractivity (Wildman–Crippen MR) is 137 cm³/mol. The number of benzene rings is 1. The molecule has 2 amide bonds. The van der Waals surface area contributed by atoms with E-state index in [1.165, 1.54) is 66.8 Å².